The third kappa shape index (κ3) is 8.19. The van der Waals surface area contributed by atoms with Gasteiger partial charge in [0.25, 0.3) is 5.91 Å². The Kier molecular flexibility index (Phi) is 9.99. The molecule has 38 heavy (non-hydrogen) atoms. The van der Waals surface area contributed by atoms with Gasteiger partial charge in [-0.25, -0.2) is 5.43 Å². The highest BCUT2D eigenvalue weighted by Gasteiger charge is 2.13. The normalized spacial score (nSPS) is 10.6. The molecular formula is C29H32N4O5. The molecule has 198 valence electrons. The Morgan fingerprint density at radius 1 is 0.868 bits per heavy atom. The van der Waals surface area contributed by atoms with E-state index in [1.165, 1.54) is 6.21 Å². The standard InChI is InChI=1S/C29H32N4O5/c1-5-14-37-24-12-10-23(11-13-24)31-28(35)29(36)33-30-17-22-8-6-7-9-25(22)38-18-26(34)32-27-20(3)15-19(2)16-21(27)4/h6-13,15-17H,5,14,18H2,1-4H3,(H,31,35)(H,32,34)(H,33,36)/b30-17-. The summed E-state index contributed by atoms with van der Waals surface area (Å²) in [7, 11) is 0. The van der Waals surface area contributed by atoms with Crippen LogP contribution in [0.5, 0.6) is 11.5 Å². The highest BCUT2D eigenvalue weighted by atomic mass is 16.5. The molecule has 0 fully saturated rings. The Balaban J connectivity index is 1.52. The van der Waals surface area contributed by atoms with E-state index in [1.807, 2.05) is 39.8 Å². The van der Waals surface area contributed by atoms with Crippen molar-refractivity contribution in [2.75, 3.05) is 23.8 Å². The molecule has 0 heterocycles. The van der Waals surface area contributed by atoms with Gasteiger partial charge in [-0.3, -0.25) is 14.4 Å². The van der Waals surface area contributed by atoms with Crippen LogP contribution in [0.2, 0.25) is 0 Å². The molecule has 3 N–H and O–H groups in total. The van der Waals surface area contributed by atoms with Gasteiger partial charge in [-0.15, -0.1) is 0 Å². The number of hydrogen-bond donors (Lipinski definition) is 3. The first-order valence-electron chi connectivity index (χ1n) is 12.2. The van der Waals surface area contributed by atoms with Crippen molar-refractivity contribution in [3.63, 3.8) is 0 Å². The van der Waals surface area contributed by atoms with Gasteiger partial charge in [0.05, 0.1) is 12.8 Å². The average molecular weight is 517 g/mol. The predicted molar refractivity (Wildman–Crippen MR) is 148 cm³/mol. The zero-order chi connectivity index (χ0) is 27.5. The summed E-state index contributed by atoms with van der Waals surface area (Å²) in [5.74, 6) is -1.03. The van der Waals surface area contributed by atoms with Crippen LogP contribution >= 0.6 is 0 Å². The number of ether oxygens (including phenoxy) is 2. The van der Waals surface area contributed by atoms with E-state index in [2.05, 4.69) is 21.2 Å². The second-order valence-electron chi connectivity index (χ2n) is 8.67. The van der Waals surface area contributed by atoms with E-state index >= 15 is 0 Å². The summed E-state index contributed by atoms with van der Waals surface area (Å²) in [6.45, 7) is 8.28. The third-order valence-corrected chi connectivity index (χ3v) is 5.38. The third-order valence-electron chi connectivity index (χ3n) is 5.38. The van der Waals surface area contributed by atoms with Crippen molar-refractivity contribution < 1.29 is 23.9 Å². The monoisotopic (exact) mass is 516 g/mol. The number of para-hydroxylation sites is 1. The molecular weight excluding hydrogens is 484 g/mol. The van der Waals surface area contributed by atoms with Crippen molar-refractivity contribution in [2.45, 2.75) is 34.1 Å². The summed E-state index contributed by atoms with van der Waals surface area (Å²) in [5.41, 5.74) is 7.00. The van der Waals surface area contributed by atoms with Crippen molar-refractivity contribution in [3.8, 4) is 11.5 Å². The lowest BCUT2D eigenvalue weighted by atomic mass is 10.1. The largest absolute Gasteiger partial charge is 0.494 e. The van der Waals surface area contributed by atoms with Crippen LogP contribution in [-0.2, 0) is 14.4 Å². The molecule has 0 bridgehead atoms. The summed E-state index contributed by atoms with van der Waals surface area (Å²) in [5, 5.41) is 9.24. The van der Waals surface area contributed by atoms with Crippen LogP contribution in [0.4, 0.5) is 11.4 Å². The molecule has 0 radical (unpaired) electrons. The number of anilines is 2. The Hall–Kier alpha value is -4.66. The molecule has 0 aliphatic carbocycles. The number of aryl methyl sites for hydroxylation is 3. The van der Waals surface area contributed by atoms with Crippen LogP contribution in [0.15, 0.2) is 65.8 Å². The summed E-state index contributed by atoms with van der Waals surface area (Å²) in [4.78, 5) is 36.8. The van der Waals surface area contributed by atoms with E-state index in [9.17, 15) is 14.4 Å². The topological polar surface area (TPSA) is 118 Å². The summed E-state index contributed by atoms with van der Waals surface area (Å²) in [6, 6.07) is 17.6. The number of hydrogen-bond acceptors (Lipinski definition) is 6. The fraction of sp³-hybridized carbons (Fsp3) is 0.241. The van der Waals surface area contributed by atoms with Crippen LogP contribution in [0.1, 0.15) is 35.6 Å². The van der Waals surface area contributed by atoms with Gasteiger partial charge in [-0.2, -0.15) is 5.10 Å². The predicted octanol–water partition coefficient (Wildman–Crippen LogP) is 4.51. The van der Waals surface area contributed by atoms with Gasteiger partial charge in [-0.05, 0) is 74.7 Å². The van der Waals surface area contributed by atoms with Gasteiger partial charge in [0.1, 0.15) is 11.5 Å². The maximum atomic E-state index is 12.5. The molecule has 0 unspecified atom stereocenters. The molecule has 9 heteroatoms. The fourth-order valence-corrected chi connectivity index (χ4v) is 3.67. The second kappa shape index (κ2) is 13.6. The van der Waals surface area contributed by atoms with Crippen LogP contribution in [0.3, 0.4) is 0 Å². The van der Waals surface area contributed by atoms with E-state index in [1.54, 1.807) is 48.5 Å². The Morgan fingerprint density at radius 3 is 2.24 bits per heavy atom. The Bertz CT molecular complexity index is 1300. The van der Waals surface area contributed by atoms with E-state index in [0.29, 0.717) is 29.4 Å². The first kappa shape index (κ1) is 27.9. The number of carbonyl (C=O) groups is 3. The van der Waals surface area contributed by atoms with Gasteiger partial charge in [-0.1, -0.05) is 36.8 Å². The average Bonchev–Trinajstić information content (AvgIpc) is 2.89. The van der Waals surface area contributed by atoms with Crippen molar-refractivity contribution in [1.29, 1.82) is 0 Å². The van der Waals surface area contributed by atoms with Gasteiger partial charge in [0, 0.05) is 16.9 Å². The molecule has 0 saturated heterocycles. The number of nitrogens with one attached hydrogen (secondary N) is 3. The molecule has 0 atom stereocenters. The lowest BCUT2D eigenvalue weighted by molar-refractivity contribution is -0.136. The lowest BCUT2D eigenvalue weighted by Gasteiger charge is -2.14. The molecule has 3 aromatic carbocycles. The molecule has 3 rings (SSSR count). The molecule has 0 aliphatic heterocycles. The van der Waals surface area contributed by atoms with Crippen molar-refractivity contribution in [1.82, 2.24) is 5.43 Å². The maximum absolute atomic E-state index is 12.5. The quantitative estimate of drug-likeness (QED) is 0.208. The zero-order valence-corrected chi connectivity index (χ0v) is 22.0. The highest BCUT2D eigenvalue weighted by molar-refractivity contribution is 6.39. The molecule has 0 spiro atoms. The highest BCUT2D eigenvalue weighted by Crippen LogP contribution is 2.22. The van der Waals surface area contributed by atoms with Crippen molar-refractivity contribution >= 4 is 35.3 Å². The minimum Gasteiger partial charge on any atom is -0.494 e. The van der Waals surface area contributed by atoms with Crippen molar-refractivity contribution in [3.05, 3.63) is 82.9 Å². The molecule has 0 aliphatic rings. The number of benzene rings is 3. The van der Waals surface area contributed by atoms with Gasteiger partial charge >= 0.3 is 11.8 Å². The van der Waals surface area contributed by atoms with E-state index in [0.717, 1.165) is 28.8 Å². The van der Waals surface area contributed by atoms with Crippen LogP contribution in [-0.4, -0.2) is 37.1 Å². The SMILES string of the molecule is CCCOc1ccc(NC(=O)C(=O)N/N=C\c2ccccc2OCC(=O)Nc2c(C)cc(C)cc2C)cc1. The minimum atomic E-state index is -0.936. The molecule has 9 nitrogen and oxygen atoms in total. The molecule has 0 aromatic heterocycles. The Labute approximate surface area is 222 Å². The van der Waals surface area contributed by atoms with Crippen LogP contribution in [0, 0.1) is 20.8 Å². The Morgan fingerprint density at radius 2 is 1.55 bits per heavy atom. The second-order valence-corrected chi connectivity index (χ2v) is 8.67. The van der Waals surface area contributed by atoms with Crippen LogP contribution < -0.4 is 25.5 Å². The van der Waals surface area contributed by atoms with Gasteiger partial charge in [0.15, 0.2) is 6.61 Å². The van der Waals surface area contributed by atoms with Crippen LogP contribution in [0.25, 0.3) is 0 Å². The van der Waals surface area contributed by atoms with Gasteiger partial charge in [0.2, 0.25) is 0 Å². The van der Waals surface area contributed by atoms with Crippen molar-refractivity contribution in [2.24, 2.45) is 5.10 Å². The number of carbonyl (C=O) groups excluding carboxylic acids is 3. The first-order chi connectivity index (χ1) is 18.3. The van der Waals surface area contributed by atoms with Gasteiger partial charge < -0.3 is 20.1 Å². The number of rotatable bonds is 10. The zero-order valence-electron chi connectivity index (χ0n) is 22.0. The lowest BCUT2D eigenvalue weighted by Crippen LogP contribution is -2.32. The number of nitrogens with zero attached hydrogens (tertiary/aromatic N) is 1. The molecule has 3 amide bonds. The summed E-state index contributed by atoms with van der Waals surface area (Å²) in [6.07, 6.45) is 2.23. The molecule has 3 aromatic rings. The molecule has 0 saturated carbocycles. The first-order valence-corrected chi connectivity index (χ1v) is 12.2. The van der Waals surface area contributed by atoms with E-state index in [4.69, 9.17) is 9.47 Å². The smallest absolute Gasteiger partial charge is 0.329 e. The summed E-state index contributed by atoms with van der Waals surface area (Å²) >= 11 is 0. The fourth-order valence-electron chi connectivity index (χ4n) is 3.67. The number of amides is 3. The maximum Gasteiger partial charge on any atom is 0.329 e. The summed E-state index contributed by atoms with van der Waals surface area (Å²) < 4.78 is 11.2. The van der Waals surface area contributed by atoms with E-state index in [-0.39, 0.29) is 12.5 Å². The number of hydrazone groups is 1. The van der Waals surface area contributed by atoms with E-state index < -0.39 is 11.8 Å². The minimum absolute atomic E-state index is 0.214.